The van der Waals surface area contributed by atoms with Gasteiger partial charge in [-0.1, -0.05) is 24.3 Å². The zero-order valence-electron chi connectivity index (χ0n) is 18.8. The third-order valence-corrected chi connectivity index (χ3v) is 6.12. The van der Waals surface area contributed by atoms with Crippen molar-refractivity contribution in [3.05, 3.63) is 59.5 Å². The number of aliphatic imine (C=N–C) groups is 1. The van der Waals surface area contributed by atoms with E-state index in [1.165, 1.54) is 24.0 Å². The lowest BCUT2D eigenvalue weighted by molar-refractivity contribution is -0.130. The van der Waals surface area contributed by atoms with Crippen LogP contribution in [0.5, 0.6) is 0 Å². The summed E-state index contributed by atoms with van der Waals surface area (Å²) in [5.74, 6) is 1.70. The number of rotatable bonds is 7. The molecule has 174 valence electrons. The second-order valence-electron chi connectivity index (χ2n) is 8.18. The Morgan fingerprint density at radius 3 is 2.59 bits per heavy atom. The van der Waals surface area contributed by atoms with E-state index >= 15 is 0 Å². The van der Waals surface area contributed by atoms with Crippen LogP contribution in [0, 0.1) is 0 Å². The fraction of sp³-hybridized carbons (Fsp3) is 0.500. The number of carbonyl (C=O) groups is 1. The van der Waals surface area contributed by atoms with E-state index in [-0.39, 0.29) is 42.5 Å². The van der Waals surface area contributed by atoms with E-state index in [0.29, 0.717) is 19.0 Å². The van der Waals surface area contributed by atoms with Crippen molar-refractivity contribution in [1.29, 1.82) is 0 Å². The molecule has 3 heterocycles. The van der Waals surface area contributed by atoms with Crippen LogP contribution < -0.4 is 10.6 Å². The lowest BCUT2D eigenvalue weighted by atomic mass is 10.00. The number of fused-ring (bicyclic) bond motifs is 1. The maximum absolute atomic E-state index is 12.8. The third-order valence-electron chi connectivity index (χ3n) is 6.12. The van der Waals surface area contributed by atoms with Gasteiger partial charge in [-0.2, -0.15) is 0 Å². The van der Waals surface area contributed by atoms with E-state index in [1.54, 1.807) is 6.26 Å². The van der Waals surface area contributed by atoms with Crippen molar-refractivity contribution in [2.75, 3.05) is 39.3 Å². The molecule has 0 aliphatic carbocycles. The molecule has 0 radical (unpaired) electrons. The van der Waals surface area contributed by atoms with E-state index < -0.39 is 0 Å². The molecule has 2 aromatic rings. The quantitative estimate of drug-likeness (QED) is 0.314. The maximum Gasteiger partial charge on any atom is 0.244 e. The number of hydrogen-bond acceptors (Lipinski definition) is 4. The highest BCUT2D eigenvalue weighted by atomic mass is 127. The zero-order chi connectivity index (χ0) is 21.5. The molecule has 1 unspecified atom stereocenters. The highest BCUT2D eigenvalue weighted by molar-refractivity contribution is 14.0. The first kappa shape index (κ1) is 24.6. The third kappa shape index (κ3) is 6.25. The van der Waals surface area contributed by atoms with E-state index in [4.69, 9.17) is 4.42 Å². The molecule has 1 amide bonds. The zero-order valence-corrected chi connectivity index (χ0v) is 21.1. The normalized spacial score (nSPS) is 17.4. The van der Waals surface area contributed by atoms with Gasteiger partial charge in [0.15, 0.2) is 5.96 Å². The van der Waals surface area contributed by atoms with E-state index in [0.717, 1.165) is 38.4 Å². The van der Waals surface area contributed by atoms with E-state index in [9.17, 15) is 4.79 Å². The summed E-state index contributed by atoms with van der Waals surface area (Å²) in [6, 6.07) is 12.5. The van der Waals surface area contributed by atoms with Gasteiger partial charge in [-0.15, -0.1) is 24.0 Å². The summed E-state index contributed by atoms with van der Waals surface area (Å²) in [6.45, 7) is 7.19. The van der Waals surface area contributed by atoms with Gasteiger partial charge < -0.3 is 20.0 Å². The standard InChI is InChI=1S/C24H33N5O2.HI/c1-2-25-24(26-16-21(22-10-7-15-31-22)28-12-5-6-13-28)27-17-23(30)29-14-11-19-8-3-4-9-20(19)18-29;/h3-4,7-10,15,21H,2,5-6,11-14,16-18H2,1H3,(H2,25,26,27);1H. The molecule has 32 heavy (non-hydrogen) atoms. The fourth-order valence-electron chi connectivity index (χ4n) is 4.43. The molecular weight excluding hydrogens is 517 g/mol. The summed E-state index contributed by atoms with van der Waals surface area (Å²) in [5.41, 5.74) is 2.58. The number of hydrogen-bond donors (Lipinski definition) is 2. The molecule has 0 bridgehead atoms. The van der Waals surface area contributed by atoms with Crippen LogP contribution in [-0.4, -0.2) is 60.9 Å². The van der Waals surface area contributed by atoms with Crippen molar-refractivity contribution in [1.82, 2.24) is 20.4 Å². The van der Waals surface area contributed by atoms with Crippen molar-refractivity contribution in [2.24, 2.45) is 4.99 Å². The van der Waals surface area contributed by atoms with Crippen LogP contribution in [-0.2, 0) is 17.8 Å². The Kier molecular flexibility index (Phi) is 9.40. The monoisotopic (exact) mass is 551 g/mol. The van der Waals surface area contributed by atoms with E-state index in [2.05, 4.69) is 38.7 Å². The number of furan rings is 1. The summed E-state index contributed by atoms with van der Waals surface area (Å²) in [7, 11) is 0. The minimum atomic E-state index is 0. The smallest absolute Gasteiger partial charge is 0.244 e. The number of benzene rings is 1. The predicted octanol–water partition coefficient (Wildman–Crippen LogP) is 3.17. The highest BCUT2D eigenvalue weighted by Gasteiger charge is 2.26. The van der Waals surface area contributed by atoms with Crippen LogP contribution >= 0.6 is 24.0 Å². The molecule has 8 heteroatoms. The number of likely N-dealkylation sites (tertiary alicyclic amines) is 1. The van der Waals surface area contributed by atoms with Crippen LogP contribution in [0.4, 0.5) is 0 Å². The lowest BCUT2D eigenvalue weighted by Crippen LogP contribution is -2.43. The average molecular weight is 551 g/mol. The van der Waals surface area contributed by atoms with Crippen LogP contribution in [0.15, 0.2) is 52.1 Å². The molecule has 1 saturated heterocycles. The first-order chi connectivity index (χ1) is 15.2. The lowest BCUT2D eigenvalue weighted by Gasteiger charge is -2.28. The van der Waals surface area contributed by atoms with Gasteiger partial charge in [-0.05, 0) is 62.5 Å². The Labute approximate surface area is 207 Å². The van der Waals surface area contributed by atoms with Gasteiger partial charge in [0.25, 0.3) is 0 Å². The maximum atomic E-state index is 12.8. The molecular formula is C24H34IN5O2. The second kappa shape index (κ2) is 12.2. The molecule has 2 N–H and O–H groups in total. The van der Waals surface area contributed by atoms with Gasteiger partial charge in [0.05, 0.1) is 12.3 Å². The number of guanidine groups is 1. The minimum Gasteiger partial charge on any atom is -0.468 e. The average Bonchev–Trinajstić information content (AvgIpc) is 3.52. The van der Waals surface area contributed by atoms with Gasteiger partial charge in [0, 0.05) is 26.2 Å². The number of amides is 1. The molecule has 7 nitrogen and oxygen atoms in total. The molecule has 1 aromatic carbocycles. The van der Waals surface area contributed by atoms with Crippen molar-refractivity contribution >= 4 is 35.8 Å². The number of carbonyl (C=O) groups excluding carboxylic acids is 1. The first-order valence-corrected chi connectivity index (χ1v) is 11.4. The summed E-state index contributed by atoms with van der Waals surface area (Å²) in [6.07, 6.45) is 5.08. The fourth-order valence-corrected chi connectivity index (χ4v) is 4.43. The number of nitrogens with one attached hydrogen (secondary N) is 2. The molecule has 0 spiro atoms. The van der Waals surface area contributed by atoms with Crippen LogP contribution in [0.25, 0.3) is 0 Å². The molecule has 1 aromatic heterocycles. The second-order valence-corrected chi connectivity index (χ2v) is 8.18. The molecule has 0 saturated carbocycles. The minimum absolute atomic E-state index is 0. The highest BCUT2D eigenvalue weighted by Crippen LogP contribution is 2.25. The Morgan fingerprint density at radius 2 is 1.88 bits per heavy atom. The topological polar surface area (TPSA) is 73.1 Å². The Balaban J connectivity index is 0.00000289. The van der Waals surface area contributed by atoms with Gasteiger partial charge in [0.2, 0.25) is 5.91 Å². The van der Waals surface area contributed by atoms with Crippen molar-refractivity contribution < 1.29 is 9.21 Å². The summed E-state index contributed by atoms with van der Waals surface area (Å²) < 4.78 is 5.70. The van der Waals surface area contributed by atoms with Gasteiger partial charge >= 0.3 is 0 Å². The molecule has 2 aliphatic rings. The van der Waals surface area contributed by atoms with Crippen molar-refractivity contribution in [3.8, 4) is 0 Å². The largest absolute Gasteiger partial charge is 0.468 e. The molecule has 1 fully saturated rings. The Bertz CT molecular complexity index is 880. The first-order valence-electron chi connectivity index (χ1n) is 11.4. The number of nitrogens with zero attached hydrogens (tertiary/aromatic N) is 3. The van der Waals surface area contributed by atoms with Crippen LogP contribution in [0.2, 0.25) is 0 Å². The van der Waals surface area contributed by atoms with Crippen molar-refractivity contribution in [2.45, 2.75) is 38.8 Å². The summed E-state index contributed by atoms with van der Waals surface area (Å²) >= 11 is 0. The van der Waals surface area contributed by atoms with E-state index in [1.807, 2.05) is 30.0 Å². The SMILES string of the molecule is CCNC(=NCC(=O)N1CCc2ccccc2C1)NCC(c1ccco1)N1CCCC1.I. The summed E-state index contributed by atoms with van der Waals surface area (Å²) in [4.78, 5) is 21.7. The van der Waals surface area contributed by atoms with Gasteiger partial charge in [-0.25, -0.2) is 4.99 Å². The Morgan fingerprint density at radius 1 is 1.09 bits per heavy atom. The predicted molar refractivity (Wildman–Crippen MR) is 137 cm³/mol. The molecule has 2 aliphatic heterocycles. The van der Waals surface area contributed by atoms with Gasteiger partial charge in [-0.3, -0.25) is 9.69 Å². The molecule has 1 atom stereocenters. The summed E-state index contributed by atoms with van der Waals surface area (Å²) in [5, 5.41) is 6.69. The van der Waals surface area contributed by atoms with Crippen molar-refractivity contribution in [3.63, 3.8) is 0 Å². The van der Waals surface area contributed by atoms with Crippen LogP contribution in [0.1, 0.15) is 42.7 Å². The number of halogens is 1. The van der Waals surface area contributed by atoms with Crippen LogP contribution in [0.3, 0.4) is 0 Å². The Hall–Kier alpha value is -2.07. The molecule has 4 rings (SSSR count). The van der Waals surface area contributed by atoms with Gasteiger partial charge in [0.1, 0.15) is 12.3 Å².